The Morgan fingerprint density at radius 2 is 1.90 bits per heavy atom. The van der Waals surface area contributed by atoms with Gasteiger partial charge in [0, 0.05) is 0 Å². The van der Waals surface area contributed by atoms with Gasteiger partial charge in [0.05, 0.1) is 12.7 Å². The van der Waals surface area contributed by atoms with Crippen LogP contribution in [0.2, 0.25) is 0 Å². The van der Waals surface area contributed by atoms with E-state index >= 15 is 0 Å². The molecule has 1 aromatic rings. The maximum absolute atomic E-state index is 6.21. The van der Waals surface area contributed by atoms with Crippen LogP contribution in [0, 0.1) is 5.92 Å². The van der Waals surface area contributed by atoms with Crippen molar-refractivity contribution in [3.63, 3.8) is 0 Å². The molecule has 1 aromatic carbocycles. The summed E-state index contributed by atoms with van der Waals surface area (Å²) in [5.41, 5.74) is 2.79. The van der Waals surface area contributed by atoms with Gasteiger partial charge < -0.3 is 10.1 Å². The average molecular weight is 275 g/mol. The molecule has 1 N–H and O–H groups in total. The zero-order chi connectivity index (χ0) is 14.2. The Hall–Kier alpha value is -0.860. The highest BCUT2D eigenvalue weighted by atomic mass is 16.5. The molecule has 0 aromatic heterocycles. The molecule has 2 atom stereocenters. The third kappa shape index (κ3) is 4.60. The number of likely N-dealkylation sites (N-methyl/N-ethyl adjacent to an activating group) is 1. The van der Waals surface area contributed by atoms with Crippen molar-refractivity contribution in [2.24, 2.45) is 5.92 Å². The first-order valence-corrected chi connectivity index (χ1v) is 8.20. The Balaban J connectivity index is 1.88. The summed E-state index contributed by atoms with van der Waals surface area (Å²) in [6.45, 7) is 7.35. The van der Waals surface area contributed by atoms with E-state index in [1.807, 2.05) is 0 Å². The van der Waals surface area contributed by atoms with Crippen molar-refractivity contribution >= 4 is 0 Å². The first-order chi connectivity index (χ1) is 9.81. The summed E-state index contributed by atoms with van der Waals surface area (Å²) < 4.78 is 6.21. The Kier molecular flexibility index (Phi) is 6.55. The first kappa shape index (κ1) is 15.5. The third-order valence-electron chi connectivity index (χ3n) is 4.43. The summed E-state index contributed by atoms with van der Waals surface area (Å²) in [6, 6.07) is 8.71. The molecular formula is C18H29NO. The molecule has 0 radical (unpaired) electrons. The smallest absolute Gasteiger partial charge is 0.0723 e. The van der Waals surface area contributed by atoms with Gasteiger partial charge in [-0.15, -0.1) is 0 Å². The Labute approximate surface area is 123 Å². The Morgan fingerprint density at radius 1 is 1.15 bits per heavy atom. The van der Waals surface area contributed by atoms with E-state index < -0.39 is 0 Å². The quantitative estimate of drug-likeness (QED) is 0.761. The summed E-state index contributed by atoms with van der Waals surface area (Å²) >= 11 is 0. The van der Waals surface area contributed by atoms with Gasteiger partial charge in [0.2, 0.25) is 0 Å². The van der Waals surface area contributed by atoms with Gasteiger partial charge in [-0.1, -0.05) is 51.0 Å². The molecule has 112 valence electrons. The fourth-order valence-corrected chi connectivity index (χ4v) is 3.07. The van der Waals surface area contributed by atoms with E-state index in [2.05, 4.69) is 43.4 Å². The van der Waals surface area contributed by atoms with Gasteiger partial charge in [0.1, 0.15) is 0 Å². The highest BCUT2D eigenvalue weighted by Gasteiger charge is 2.21. The third-order valence-corrected chi connectivity index (χ3v) is 4.43. The maximum Gasteiger partial charge on any atom is 0.0723 e. The van der Waals surface area contributed by atoms with E-state index in [-0.39, 0.29) is 0 Å². The number of nitrogens with one attached hydrogen (secondary N) is 1. The van der Waals surface area contributed by atoms with E-state index in [1.54, 1.807) is 0 Å². The van der Waals surface area contributed by atoms with Crippen LogP contribution in [-0.2, 0) is 17.8 Å². The zero-order valence-corrected chi connectivity index (χ0v) is 13.0. The molecule has 2 heteroatoms. The van der Waals surface area contributed by atoms with Crippen LogP contribution in [-0.4, -0.2) is 19.2 Å². The number of rotatable bonds is 7. The first-order valence-electron chi connectivity index (χ1n) is 8.20. The van der Waals surface area contributed by atoms with Crippen molar-refractivity contribution < 1.29 is 4.74 Å². The van der Waals surface area contributed by atoms with E-state index in [0.29, 0.717) is 6.10 Å². The highest BCUT2D eigenvalue weighted by Crippen LogP contribution is 2.27. The second-order valence-corrected chi connectivity index (χ2v) is 5.98. The minimum Gasteiger partial charge on any atom is -0.373 e. The second kappa shape index (κ2) is 8.43. The van der Waals surface area contributed by atoms with Crippen LogP contribution < -0.4 is 5.32 Å². The molecule has 1 saturated carbocycles. The van der Waals surface area contributed by atoms with Gasteiger partial charge >= 0.3 is 0 Å². The van der Waals surface area contributed by atoms with Crippen LogP contribution in [0.5, 0.6) is 0 Å². The molecule has 0 saturated heterocycles. The lowest BCUT2D eigenvalue weighted by molar-refractivity contribution is -0.0157. The van der Waals surface area contributed by atoms with Crippen LogP contribution in [0.25, 0.3) is 0 Å². The fourth-order valence-electron chi connectivity index (χ4n) is 3.07. The molecule has 0 spiro atoms. The number of benzene rings is 1. The van der Waals surface area contributed by atoms with Crippen LogP contribution in [0.4, 0.5) is 0 Å². The molecule has 20 heavy (non-hydrogen) atoms. The van der Waals surface area contributed by atoms with Crippen molar-refractivity contribution in [3.05, 3.63) is 35.4 Å². The standard InChI is InChI=1S/C18H29NO/c1-3-19-13-12-16-9-5-6-10-17(16)14-20-18-11-7-4-8-15(18)2/h5-6,9-10,15,18-19H,3-4,7-8,11-14H2,1-2H3. The van der Waals surface area contributed by atoms with Crippen molar-refractivity contribution in [1.82, 2.24) is 5.32 Å². The molecule has 2 rings (SSSR count). The molecule has 1 aliphatic rings. The molecule has 0 bridgehead atoms. The lowest BCUT2D eigenvalue weighted by Crippen LogP contribution is -2.25. The average Bonchev–Trinajstić information content (AvgIpc) is 2.48. The molecule has 1 aliphatic carbocycles. The van der Waals surface area contributed by atoms with Crippen molar-refractivity contribution in [2.45, 2.75) is 58.7 Å². The van der Waals surface area contributed by atoms with Gasteiger partial charge in [-0.2, -0.15) is 0 Å². The lowest BCUT2D eigenvalue weighted by Gasteiger charge is -2.29. The number of hydrogen-bond acceptors (Lipinski definition) is 2. The van der Waals surface area contributed by atoms with E-state index in [1.165, 1.54) is 36.8 Å². The van der Waals surface area contributed by atoms with Crippen molar-refractivity contribution in [1.29, 1.82) is 0 Å². The lowest BCUT2D eigenvalue weighted by atomic mass is 9.88. The largest absolute Gasteiger partial charge is 0.373 e. The maximum atomic E-state index is 6.21. The molecule has 0 aliphatic heterocycles. The summed E-state index contributed by atoms with van der Waals surface area (Å²) in [5.74, 6) is 0.720. The van der Waals surface area contributed by atoms with Gasteiger partial charge in [-0.25, -0.2) is 0 Å². The Bertz CT molecular complexity index is 391. The monoisotopic (exact) mass is 275 g/mol. The van der Waals surface area contributed by atoms with Crippen molar-refractivity contribution in [3.8, 4) is 0 Å². The molecule has 2 nitrogen and oxygen atoms in total. The summed E-state index contributed by atoms with van der Waals surface area (Å²) in [5, 5.41) is 3.40. The predicted molar refractivity (Wildman–Crippen MR) is 84.9 cm³/mol. The summed E-state index contributed by atoms with van der Waals surface area (Å²) in [4.78, 5) is 0. The summed E-state index contributed by atoms with van der Waals surface area (Å²) in [7, 11) is 0. The van der Waals surface area contributed by atoms with Gasteiger partial charge in [-0.3, -0.25) is 0 Å². The fraction of sp³-hybridized carbons (Fsp3) is 0.667. The molecule has 0 amide bonds. The topological polar surface area (TPSA) is 21.3 Å². The van der Waals surface area contributed by atoms with Crippen LogP contribution in [0.15, 0.2) is 24.3 Å². The van der Waals surface area contributed by atoms with E-state index in [0.717, 1.165) is 32.0 Å². The van der Waals surface area contributed by atoms with Crippen LogP contribution in [0.3, 0.4) is 0 Å². The predicted octanol–water partition coefficient (Wildman–Crippen LogP) is 3.93. The minimum atomic E-state index is 0.463. The SMILES string of the molecule is CCNCCc1ccccc1COC1CCCCC1C. The molecule has 2 unspecified atom stereocenters. The molecular weight excluding hydrogens is 246 g/mol. The number of hydrogen-bond donors (Lipinski definition) is 1. The van der Waals surface area contributed by atoms with Crippen LogP contribution in [0.1, 0.15) is 50.7 Å². The van der Waals surface area contributed by atoms with Gasteiger partial charge in [0.25, 0.3) is 0 Å². The van der Waals surface area contributed by atoms with E-state index in [4.69, 9.17) is 4.74 Å². The molecule has 1 fully saturated rings. The van der Waals surface area contributed by atoms with Gasteiger partial charge in [-0.05, 0) is 49.4 Å². The molecule has 0 heterocycles. The van der Waals surface area contributed by atoms with Gasteiger partial charge in [0.15, 0.2) is 0 Å². The van der Waals surface area contributed by atoms with Crippen LogP contribution >= 0.6 is 0 Å². The second-order valence-electron chi connectivity index (χ2n) is 5.98. The minimum absolute atomic E-state index is 0.463. The van der Waals surface area contributed by atoms with Crippen molar-refractivity contribution in [2.75, 3.05) is 13.1 Å². The normalized spacial score (nSPS) is 22.9. The Morgan fingerprint density at radius 3 is 2.65 bits per heavy atom. The zero-order valence-electron chi connectivity index (χ0n) is 13.0. The number of ether oxygens (including phenoxy) is 1. The summed E-state index contributed by atoms with van der Waals surface area (Å²) in [6.07, 6.45) is 6.82. The highest BCUT2D eigenvalue weighted by molar-refractivity contribution is 5.26. The van der Waals surface area contributed by atoms with E-state index in [9.17, 15) is 0 Å².